The minimum atomic E-state index is -0.648. The first-order chi connectivity index (χ1) is 16.9. The second-order valence-electron chi connectivity index (χ2n) is 7.65. The summed E-state index contributed by atoms with van der Waals surface area (Å²) in [5.74, 6) is -0.139. The molecule has 0 radical (unpaired) electrons. The largest absolute Gasteiger partial charge is 0.324 e. The topological polar surface area (TPSA) is 115 Å². The Balaban J connectivity index is 1.48. The molecule has 4 aromatic rings. The first kappa shape index (κ1) is 22.6. The molecular formula is C24H16Cl2N6O3. The summed E-state index contributed by atoms with van der Waals surface area (Å²) in [7, 11) is 0. The highest BCUT2D eigenvalue weighted by Gasteiger charge is 2.26. The number of carbonyl (C=O) groups is 1. The molecule has 0 fully saturated rings. The van der Waals surface area contributed by atoms with Gasteiger partial charge in [0.15, 0.2) is 0 Å². The van der Waals surface area contributed by atoms with Crippen LogP contribution in [0.25, 0.3) is 5.70 Å². The van der Waals surface area contributed by atoms with Gasteiger partial charge in [0.1, 0.15) is 11.1 Å². The summed E-state index contributed by atoms with van der Waals surface area (Å²) in [5.41, 5.74) is 2.38. The molecule has 5 rings (SSSR count). The van der Waals surface area contributed by atoms with Crippen LogP contribution in [0.4, 0.5) is 17.6 Å². The fraction of sp³-hybridized carbons (Fsp3) is 0.0417. The molecule has 35 heavy (non-hydrogen) atoms. The van der Waals surface area contributed by atoms with E-state index in [1.807, 2.05) is 48.5 Å². The van der Waals surface area contributed by atoms with E-state index >= 15 is 0 Å². The third kappa shape index (κ3) is 4.59. The first-order valence-electron chi connectivity index (χ1n) is 10.4. The smallest absolute Gasteiger partial charge is 0.288 e. The number of rotatable bonds is 5. The number of nitro benzene ring substituents is 1. The van der Waals surface area contributed by atoms with Crippen molar-refractivity contribution in [2.24, 2.45) is 0 Å². The van der Waals surface area contributed by atoms with Crippen molar-refractivity contribution in [2.75, 3.05) is 10.6 Å². The van der Waals surface area contributed by atoms with Gasteiger partial charge in [-0.2, -0.15) is 4.98 Å². The summed E-state index contributed by atoms with van der Waals surface area (Å²) in [6.45, 7) is 0. The van der Waals surface area contributed by atoms with E-state index in [-0.39, 0.29) is 28.3 Å². The number of carbonyl (C=O) groups excluding carboxylic acids is 1. The molecule has 0 unspecified atom stereocenters. The zero-order valence-corrected chi connectivity index (χ0v) is 19.4. The molecule has 11 heteroatoms. The molecule has 9 nitrogen and oxygen atoms in total. The Morgan fingerprint density at radius 1 is 1.06 bits per heavy atom. The maximum absolute atomic E-state index is 12.8. The fourth-order valence-corrected chi connectivity index (χ4v) is 4.01. The van der Waals surface area contributed by atoms with E-state index < -0.39 is 10.8 Å². The lowest BCUT2D eigenvalue weighted by Crippen LogP contribution is -2.20. The van der Waals surface area contributed by atoms with E-state index in [0.29, 0.717) is 11.0 Å². The molecule has 0 aliphatic carbocycles. The third-order valence-electron chi connectivity index (χ3n) is 5.39. The number of nitro groups is 1. The van der Waals surface area contributed by atoms with Gasteiger partial charge in [-0.3, -0.25) is 20.2 Å². The van der Waals surface area contributed by atoms with Crippen molar-refractivity contribution in [3.05, 3.63) is 116 Å². The zero-order chi connectivity index (χ0) is 24.5. The van der Waals surface area contributed by atoms with Crippen LogP contribution in [0.15, 0.2) is 78.9 Å². The number of allylic oxidation sites excluding steroid dienone is 1. The van der Waals surface area contributed by atoms with Gasteiger partial charge in [-0.1, -0.05) is 65.7 Å². The van der Waals surface area contributed by atoms with Gasteiger partial charge in [0.25, 0.3) is 17.5 Å². The van der Waals surface area contributed by atoms with Crippen LogP contribution < -0.4 is 10.6 Å². The highest BCUT2D eigenvalue weighted by atomic mass is 35.5. The molecule has 0 spiro atoms. The highest BCUT2D eigenvalue weighted by Crippen LogP contribution is 2.33. The molecule has 0 saturated carbocycles. The number of amides is 1. The van der Waals surface area contributed by atoms with Crippen molar-refractivity contribution < 1.29 is 9.72 Å². The summed E-state index contributed by atoms with van der Waals surface area (Å²) < 4.78 is 1.66. The molecule has 1 aliphatic rings. The van der Waals surface area contributed by atoms with E-state index in [1.54, 1.807) is 16.8 Å². The summed E-state index contributed by atoms with van der Waals surface area (Å²) in [6.07, 6.45) is 2.01. The van der Waals surface area contributed by atoms with Gasteiger partial charge in [0.2, 0.25) is 5.95 Å². The normalized spacial score (nSPS) is 14.5. The van der Waals surface area contributed by atoms with Crippen molar-refractivity contribution in [3.63, 3.8) is 0 Å². The average Bonchev–Trinajstić information content (AvgIpc) is 3.26. The Morgan fingerprint density at radius 3 is 2.51 bits per heavy atom. The first-order valence-corrected chi connectivity index (χ1v) is 11.2. The van der Waals surface area contributed by atoms with Crippen LogP contribution in [-0.4, -0.2) is 25.6 Å². The molecule has 1 amide bonds. The molecule has 2 heterocycles. The minimum absolute atomic E-state index is 0.0433. The molecule has 1 atom stereocenters. The predicted octanol–water partition coefficient (Wildman–Crippen LogP) is 5.80. The maximum Gasteiger partial charge on any atom is 0.288 e. The summed E-state index contributed by atoms with van der Waals surface area (Å²) in [4.78, 5) is 27.7. The van der Waals surface area contributed by atoms with Gasteiger partial charge in [-0.25, -0.2) is 4.68 Å². The van der Waals surface area contributed by atoms with Crippen LogP contribution in [0.1, 0.15) is 27.5 Å². The average molecular weight is 507 g/mol. The van der Waals surface area contributed by atoms with Gasteiger partial charge in [0, 0.05) is 22.3 Å². The standard InChI is InChI=1S/C24H16Cl2N6O3/c25-17-9-6-14(7-10-17)19-13-20(15-4-2-1-3-5-15)31-24(27-19)29-23(30-31)28-22(33)16-8-11-18(26)21(12-16)32(34)35/h1-13,20H,(H2,27,28,29,30,33)/t20-/m1/s1. The molecule has 0 bridgehead atoms. The van der Waals surface area contributed by atoms with E-state index in [0.717, 1.165) is 22.9 Å². The Labute approximate surface area is 209 Å². The van der Waals surface area contributed by atoms with Crippen molar-refractivity contribution in [1.29, 1.82) is 0 Å². The van der Waals surface area contributed by atoms with Gasteiger partial charge >= 0.3 is 0 Å². The number of halogens is 2. The molecule has 1 aromatic heterocycles. The van der Waals surface area contributed by atoms with Gasteiger partial charge in [0.05, 0.1) is 4.92 Å². The Kier molecular flexibility index (Phi) is 5.94. The van der Waals surface area contributed by atoms with Crippen LogP contribution in [0, 0.1) is 10.1 Å². The zero-order valence-electron chi connectivity index (χ0n) is 17.9. The number of aromatic nitrogens is 3. The van der Waals surface area contributed by atoms with Crippen molar-refractivity contribution in [3.8, 4) is 0 Å². The fourth-order valence-electron chi connectivity index (χ4n) is 3.70. The van der Waals surface area contributed by atoms with E-state index in [1.165, 1.54) is 12.1 Å². The lowest BCUT2D eigenvalue weighted by atomic mass is 10.0. The van der Waals surface area contributed by atoms with E-state index in [4.69, 9.17) is 23.2 Å². The number of hydrogen-bond donors (Lipinski definition) is 2. The lowest BCUT2D eigenvalue weighted by Gasteiger charge is -2.24. The predicted molar refractivity (Wildman–Crippen MR) is 134 cm³/mol. The number of anilines is 2. The Morgan fingerprint density at radius 2 is 1.80 bits per heavy atom. The Hall–Kier alpha value is -4.21. The maximum atomic E-state index is 12.8. The van der Waals surface area contributed by atoms with Crippen LogP contribution in [0.5, 0.6) is 0 Å². The van der Waals surface area contributed by atoms with Crippen LogP contribution in [-0.2, 0) is 0 Å². The number of hydrogen-bond acceptors (Lipinski definition) is 6. The van der Waals surface area contributed by atoms with Crippen molar-refractivity contribution in [1.82, 2.24) is 14.8 Å². The van der Waals surface area contributed by atoms with Gasteiger partial charge in [-0.05, 0) is 41.5 Å². The van der Waals surface area contributed by atoms with Crippen molar-refractivity contribution in [2.45, 2.75) is 6.04 Å². The van der Waals surface area contributed by atoms with Crippen LogP contribution >= 0.6 is 23.2 Å². The lowest BCUT2D eigenvalue weighted by molar-refractivity contribution is -0.384. The Bertz CT molecular complexity index is 1470. The minimum Gasteiger partial charge on any atom is -0.324 e. The monoisotopic (exact) mass is 506 g/mol. The summed E-state index contributed by atoms with van der Waals surface area (Å²) in [6, 6.07) is 20.6. The highest BCUT2D eigenvalue weighted by molar-refractivity contribution is 6.32. The van der Waals surface area contributed by atoms with E-state index in [2.05, 4.69) is 20.7 Å². The molecule has 1 aliphatic heterocycles. The number of nitrogens with one attached hydrogen (secondary N) is 2. The SMILES string of the molecule is O=C(Nc1nc2n(n1)[C@@H](c1ccccc1)C=C(c1ccc(Cl)cc1)N2)c1ccc(Cl)c([N+](=O)[O-])c1. The molecular weight excluding hydrogens is 491 g/mol. The molecule has 2 N–H and O–H groups in total. The van der Waals surface area contributed by atoms with Gasteiger partial charge in [-0.15, -0.1) is 5.10 Å². The molecule has 3 aromatic carbocycles. The number of nitrogens with zero attached hydrogens (tertiary/aromatic N) is 4. The summed E-state index contributed by atoms with van der Waals surface area (Å²) >= 11 is 11.9. The number of fused-ring (bicyclic) bond motifs is 1. The van der Waals surface area contributed by atoms with E-state index in [9.17, 15) is 14.9 Å². The molecule has 174 valence electrons. The van der Waals surface area contributed by atoms with Crippen molar-refractivity contribution >= 4 is 52.4 Å². The quantitative estimate of drug-likeness (QED) is 0.261. The third-order valence-corrected chi connectivity index (χ3v) is 5.96. The second-order valence-corrected chi connectivity index (χ2v) is 8.49. The summed E-state index contributed by atoms with van der Waals surface area (Å²) in [5, 5.41) is 22.1. The second kappa shape index (κ2) is 9.21. The van der Waals surface area contributed by atoms with Crippen LogP contribution in [0.2, 0.25) is 10.0 Å². The van der Waals surface area contributed by atoms with Crippen LogP contribution in [0.3, 0.4) is 0 Å². The molecule has 0 saturated heterocycles. The number of benzene rings is 3. The van der Waals surface area contributed by atoms with Gasteiger partial charge < -0.3 is 5.32 Å².